The van der Waals surface area contributed by atoms with Gasteiger partial charge in [0.25, 0.3) is 5.91 Å². The molecule has 0 fully saturated rings. The van der Waals surface area contributed by atoms with Crippen LogP contribution in [0.1, 0.15) is 44.6 Å². The molecule has 0 aliphatic heterocycles. The summed E-state index contributed by atoms with van der Waals surface area (Å²) < 4.78 is 2.62. The van der Waals surface area contributed by atoms with Crippen molar-refractivity contribution in [1.82, 2.24) is 9.88 Å². The van der Waals surface area contributed by atoms with Crippen LogP contribution in [0.25, 0.3) is 0 Å². The number of carbonyl (C=O) groups excluding carboxylic acids is 1. The molecule has 0 aliphatic rings. The minimum absolute atomic E-state index is 0.369. The van der Waals surface area contributed by atoms with Crippen LogP contribution in [-0.4, -0.2) is 27.6 Å². The summed E-state index contributed by atoms with van der Waals surface area (Å²) in [6, 6.07) is 0.769. The molecule has 1 heterocycles. The smallest absolute Gasteiger partial charge is 0.326 e. The van der Waals surface area contributed by atoms with Crippen molar-refractivity contribution in [3.63, 3.8) is 0 Å². The first-order valence-corrected chi connectivity index (χ1v) is 7.35. The SMILES string of the molecule is CCCn1cc(Br)cc1C(=O)NC(C(=O)O)C(C)(C)C. The molecule has 0 bridgehead atoms. The number of aromatic nitrogens is 1. The summed E-state index contributed by atoms with van der Waals surface area (Å²) >= 11 is 3.34. The van der Waals surface area contributed by atoms with Crippen LogP contribution in [0.2, 0.25) is 0 Å². The monoisotopic (exact) mass is 344 g/mol. The van der Waals surface area contributed by atoms with Gasteiger partial charge in [0.1, 0.15) is 11.7 Å². The van der Waals surface area contributed by atoms with E-state index < -0.39 is 17.4 Å². The molecule has 0 saturated carbocycles. The highest BCUT2D eigenvalue weighted by atomic mass is 79.9. The summed E-state index contributed by atoms with van der Waals surface area (Å²) in [5.41, 5.74) is -0.0878. The molecular formula is C14H21BrN2O3. The second-order valence-corrected chi connectivity index (χ2v) is 6.76. The molecule has 2 N–H and O–H groups in total. The van der Waals surface area contributed by atoms with Crippen LogP contribution in [0.15, 0.2) is 16.7 Å². The zero-order valence-corrected chi connectivity index (χ0v) is 13.8. The Balaban J connectivity index is 2.98. The molecule has 5 nitrogen and oxygen atoms in total. The third-order valence-corrected chi connectivity index (χ3v) is 3.38. The number of carbonyl (C=O) groups is 2. The zero-order chi connectivity index (χ0) is 15.5. The molecule has 0 aromatic carbocycles. The lowest BCUT2D eigenvalue weighted by atomic mass is 9.86. The van der Waals surface area contributed by atoms with E-state index in [0.29, 0.717) is 12.2 Å². The number of halogens is 1. The van der Waals surface area contributed by atoms with Crippen LogP contribution in [0.5, 0.6) is 0 Å². The van der Waals surface area contributed by atoms with E-state index in [1.54, 1.807) is 26.8 Å². The van der Waals surface area contributed by atoms with Gasteiger partial charge in [-0.05, 0) is 33.8 Å². The molecule has 0 saturated heterocycles. The number of amides is 1. The largest absolute Gasteiger partial charge is 0.480 e. The molecule has 112 valence electrons. The number of nitrogens with one attached hydrogen (secondary N) is 1. The normalized spacial score (nSPS) is 13.1. The molecule has 0 spiro atoms. The van der Waals surface area contributed by atoms with Gasteiger partial charge in [0.15, 0.2) is 0 Å². The third-order valence-electron chi connectivity index (χ3n) is 2.95. The minimum atomic E-state index is -1.03. The Morgan fingerprint density at radius 1 is 1.45 bits per heavy atom. The van der Waals surface area contributed by atoms with E-state index in [-0.39, 0.29) is 5.91 Å². The van der Waals surface area contributed by atoms with Crippen molar-refractivity contribution in [2.75, 3.05) is 0 Å². The van der Waals surface area contributed by atoms with Gasteiger partial charge in [0, 0.05) is 17.2 Å². The van der Waals surface area contributed by atoms with Crippen LogP contribution in [0.4, 0.5) is 0 Å². The summed E-state index contributed by atoms with van der Waals surface area (Å²) in [4.78, 5) is 23.6. The van der Waals surface area contributed by atoms with E-state index >= 15 is 0 Å². The number of nitrogens with zero attached hydrogens (tertiary/aromatic N) is 1. The predicted molar refractivity (Wildman–Crippen MR) is 80.8 cm³/mol. The topological polar surface area (TPSA) is 71.3 Å². The highest BCUT2D eigenvalue weighted by Gasteiger charge is 2.33. The van der Waals surface area contributed by atoms with Crippen molar-refractivity contribution < 1.29 is 14.7 Å². The van der Waals surface area contributed by atoms with E-state index in [1.807, 2.05) is 17.7 Å². The van der Waals surface area contributed by atoms with Crippen LogP contribution >= 0.6 is 15.9 Å². The summed E-state index contributed by atoms with van der Waals surface area (Å²) in [6.45, 7) is 8.08. The number of aliphatic carboxylic acids is 1. The quantitative estimate of drug-likeness (QED) is 0.862. The molecular weight excluding hydrogens is 324 g/mol. The Morgan fingerprint density at radius 3 is 2.50 bits per heavy atom. The lowest BCUT2D eigenvalue weighted by molar-refractivity contribution is -0.142. The average molecular weight is 345 g/mol. The van der Waals surface area contributed by atoms with Crippen LogP contribution in [0.3, 0.4) is 0 Å². The number of aryl methyl sites for hydroxylation is 1. The fourth-order valence-electron chi connectivity index (χ4n) is 1.94. The Morgan fingerprint density at radius 2 is 2.05 bits per heavy atom. The fraction of sp³-hybridized carbons (Fsp3) is 0.571. The molecule has 1 rings (SSSR count). The van der Waals surface area contributed by atoms with Crippen molar-refractivity contribution in [2.45, 2.75) is 46.7 Å². The van der Waals surface area contributed by atoms with E-state index in [1.165, 1.54) is 0 Å². The molecule has 1 atom stereocenters. The maximum Gasteiger partial charge on any atom is 0.326 e. The highest BCUT2D eigenvalue weighted by Crippen LogP contribution is 2.21. The standard InChI is InChI=1S/C14H21BrN2O3/c1-5-6-17-8-9(15)7-10(17)12(18)16-11(13(19)20)14(2,3)4/h7-8,11H,5-6H2,1-4H3,(H,16,18)(H,19,20). The van der Waals surface area contributed by atoms with Crippen LogP contribution in [-0.2, 0) is 11.3 Å². The summed E-state index contributed by atoms with van der Waals surface area (Å²) in [5, 5.41) is 11.9. The summed E-state index contributed by atoms with van der Waals surface area (Å²) in [5.74, 6) is -1.40. The maximum absolute atomic E-state index is 12.3. The lowest BCUT2D eigenvalue weighted by Crippen LogP contribution is -2.49. The summed E-state index contributed by atoms with van der Waals surface area (Å²) in [6.07, 6.45) is 2.72. The maximum atomic E-state index is 12.3. The van der Waals surface area contributed by atoms with Gasteiger partial charge < -0.3 is 15.0 Å². The first-order chi connectivity index (χ1) is 9.16. The van der Waals surface area contributed by atoms with Crippen molar-refractivity contribution >= 4 is 27.8 Å². The summed E-state index contributed by atoms with van der Waals surface area (Å²) in [7, 11) is 0. The number of carboxylic acids is 1. The van der Waals surface area contributed by atoms with Gasteiger partial charge in [-0.15, -0.1) is 0 Å². The van der Waals surface area contributed by atoms with E-state index in [2.05, 4.69) is 21.2 Å². The van der Waals surface area contributed by atoms with Crippen molar-refractivity contribution in [3.05, 3.63) is 22.4 Å². The minimum Gasteiger partial charge on any atom is -0.480 e. The Labute approximate surface area is 127 Å². The molecule has 0 radical (unpaired) electrons. The first kappa shape index (κ1) is 16.8. The van der Waals surface area contributed by atoms with Gasteiger partial charge in [-0.1, -0.05) is 27.7 Å². The van der Waals surface area contributed by atoms with Crippen molar-refractivity contribution in [1.29, 1.82) is 0 Å². The fourth-order valence-corrected chi connectivity index (χ4v) is 2.41. The molecule has 0 aliphatic carbocycles. The Bertz CT molecular complexity index is 503. The average Bonchev–Trinajstić information content (AvgIpc) is 2.65. The van der Waals surface area contributed by atoms with Crippen LogP contribution in [0, 0.1) is 5.41 Å². The molecule has 1 unspecified atom stereocenters. The second-order valence-electron chi connectivity index (χ2n) is 5.85. The lowest BCUT2D eigenvalue weighted by Gasteiger charge is -2.27. The number of hydrogen-bond donors (Lipinski definition) is 2. The van der Waals surface area contributed by atoms with Gasteiger partial charge in [-0.2, -0.15) is 0 Å². The third kappa shape index (κ3) is 4.10. The van der Waals surface area contributed by atoms with Gasteiger partial charge in [-0.3, -0.25) is 4.79 Å². The van der Waals surface area contributed by atoms with Gasteiger partial charge in [-0.25, -0.2) is 4.79 Å². The second kappa shape index (κ2) is 6.43. The van der Waals surface area contributed by atoms with E-state index in [0.717, 1.165) is 10.9 Å². The molecule has 1 aromatic heterocycles. The predicted octanol–water partition coefficient (Wildman–Crippen LogP) is 2.89. The molecule has 20 heavy (non-hydrogen) atoms. The van der Waals surface area contributed by atoms with Crippen LogP contribution < -0.4 is 5.32 Å². The highest BCUT2D eigenvalue weighted by molar-refractivity contribution is 9.10. The number of rotatable bonds is 5. The van der Waals surface area contributed by atoms with Crippen molar-refractivity contribution in [3.8, 4) is 0 Å². The van der Waals surface area contributed by atoms with Crippen molar-refractivity contribution in [2.24, 2.45) is 5.41 Å². The number of hydrogen-bond acceptors (Lipinski definition) is 2. The molecule has 1 aromatic rings. The molecule has 1 amide bonds. The van der Waals surface area contributed by atoms with Gasteiger partial charge in [0.05, 0.1) is 0 Å². The first-order valence-electron chi connectivity index (χ1n) is 6.56. The zero-order valence-electron chi connectivity index (χ0n) is 12.2. The van der Waals surface area contributed by atoms with E-state index in [9.17, 15) is 14.7 Å². The number of carboxylic acid groups (broad SMARTS) is 1. The van der Waals surface area contributed by atoms with Gasteiger partial charge in [0.2, 0.25) is 0 Å². The Hall–Kier alpha value is -1.30. The van der Waals surface area contributed by atoms with Gasteiger partial charge >= 0.3 is 5.97 Å². The molecule has 6 heteroatoms. The van der Waals surface area contributed by atoms with E-state index in [4.69, 9.17) is 0 Å². The Kier molecular flexibility index (Phi) is 5.39.